The molecule has 0 radical (unpaired) electrons. The molecular weight excluding hydrogens is 376 g/mol. The number of furan rings is 1. The lowest BCUT2D eigenvalue weighted by atomic mass is 10.2. The Bertz CT molecular complexity index is 1070. The lowest BCUT2D eigenvalue weighted by Crippen LogP contribution is -2.01. The van der Waals surface area contributed by atoms with Crippen LogP contribution in [0.1, 0.15) is 5.69 Å². The highest BCUT2D eigenvalue weighted by Crippen LogP contribution is 2.32. The van der Waals surface area contributed by atoms with E-state index in [1.54, 1.807) is 13.4 Å². The van der Waals surface area contributed by atoms with Gasteiger partial charge in [-0.2, -0.15) is 0 Å². The van der Waals surface area contributed by atoms with E-state index in [1.807, 2.05) is 53.1 Å². The van der Waals surface area contributed by atoms with Gasteiger partial charge < -0.3 is 13.7 Å². The zero-order valence-electron chi connectivity index (χ0n) is 15.2. The Labute approximate surface area is 166 Å². The summed E-state index contributed by atoms with van der Waals surface area (Å²) in [5.74, 6) is 3.32. The summed E-state index contributed by atoms with van der Waals surface area (Å²) in [6.07, 6.45) is 3.42. The first kappa shape index (κ1) is 18.1. The summed E-state index contributed by atoms with van der Waals surface area (Å²) in [5, 5.41) is 13.6. The lowest BCUT2D eigenvalue weighted by molar-refractivity contribution is 0.413. The number of hydrogen-bond acceptors (Lipinski definition) is 7. The van der Waals surface area contributed by atoms with Crippen molar-refractivity contribution in [2.45, 2.75) is 17.5 Å². The van der Waals surface area contributed by atoms with Gasteiger partial charge in [0.05, 0.1) is 24.6 Å². The number of methoxy groups -OCH3 is 1. The van der Waals surface area contributed by atoms with Gasteiger partial charge in [-0.15, -0.1) is 16.8 Å². The Morgan fingerprint density at radius 3 is 2.86 bits per heavy atom. The number of benzene rings is 1. The van der Waals surface area contributed by atoms with Crippen LogP contribution in [-0.2, 0) is 12.3 Å². The fraction of sp³-hybridized carbons (Fsp3) is 0.150. The van der Waals surface area contributed by atoms with E-state index in [0.29, 0.717) is 23.8 Å². The Kier molecular flexibility index (Phi) is 5.29. The molecule has 0 atom stereocenters. The maximum absolute atomic E-state index is 5.46. The Hall–Kier alpha value is -3.26. The summed E-state index contributed by atoms with van der Waals surface area (Å²) in [7, 11) is 1.64. The van der Waals surface area contributed by atoms with Gasteiger partial charge in [0, 0.05) is 18.4 Å². The average Bonchev–Trinajstić information content (AvgIpc) is 3.47. The van der Waals surface area contributed by atoms with Crippen molar-refractivity contribution >= 4 is 11.8 Å². The fourth-order valence-electron chi connectivity index (χ4n) is 2.77. The molecule has 0 spiro atoms. The van der Waals surface area contributed by atoms with Crippen LogP contribution < -0.4 is 4.74 Å². The normalized spacial score (nSPS) is 10.9. The van der Waals surface area contributed by atoms with E-state index in [9.17, 15) is 0 Å². The number of rotatable bonds is 8. The second-order valence-electron chi connectivity index (χ2n) is 5.85. The quantitative estimate of drug-likeness (QED) is 0.317. The first-order valence-electron chi connectivity index (χ1n) is 8.60. The Morgan fingerprint density at radius 1 is 1.18 bits per heavy atom. The average molecular weight is 394 g/mol. The summed E-state index contributed by atoms with van der Waals surface area (Å²) >= 11 is 1.53. The van der Waals surface area contributed by atoms with E-state index in [0.717, 1.165) is 28.0 Å². The molecule has 3 aromatic heterocycles. The maximum atomic E-state index is 5.46. The van der Waals surface area contributed by atoms with Crippen molar-refractivity contribution in [2.24, 2.45) is 0 Å². The third kappa shape index (κ3) is 3.59. The molecule has 4 rings (SSSR count). The van der Waals surface area contributed by atoms with E-state index in [4.69, 9.17) is 13.7 Å². The number of ether oxygens (including phenoxy) is 1. The molecule has 0 aliphatic heterocycles. The molecule has 0 fully saturated rings. The minimum Gasteiger partial charge on any atom is -0.496 e. The Morgan fingerprint density at radius 2 is 2.07 bits per heavy atom. The summed E-state index contributed by atoms with van der Waals surface area (Å²) in [5.41, 5.74) is 1.68. The van der Waals surface area contributed by atoms with Crippen molar-refractivity contribution in [3.05, 3.63) is 67.1 Å². The highest BCUT2D eigenvalue weighted by Gasteiger charge is 2.17. The SMILES string of the molecule is C=CCn1c(SCc2cc(-c3ccco3)on2)nnc1-c1ccccc1OC. The molecule has 28 heavy (non-hydrogen) atoms. The molecule has 3 heterocycles. The molecule has 0 unspecified atom stereocenters. The van der Waals surface area contributed by atoms with Gasteiger partial charge in [-0.1, -0.05) is 35.1 Å². The number of para-hydroxylation sites is 1. The predicted molar refractivity (Wildman–Crippen MR) is 106 cm³/mol. The van der Waals surface area contributed by atoms with Gasteiger partial charge in [-0.05, 0) is 24.3 Å². The van der Waals surface area contributed by atoms with E-state index >= 15 is 0 Å². The van der Waals surface area contributed by atoms with Crippen LogP contribution in [0.4, 0.5) is 0 Å². The van der Waals surface area contributed by atoms with Gasteiger partial charge in [0.1, 0.15) is 5.75 Å². The van der Waals surface area contributed by atoms with Crippen LogP contribution in [-0.4, -0.2) is 27.0 Å². The first-order valence-corrected chi connectivity index (χ1v) is 9.58. The van der Waals surface area contributed by atoms with Crippen LogP contribution in [0.15, 0.2) is 75.5 Å². The standard InChI is InChI=1S/C20H18N4O3S/c1-3-10-24-19(15-7-4-5-8-16(15)25-2)21-22-20(24)28-13-14-12-18(27-23-14)17-9-6-11-26-17/h3-9,11-12H,1,10,13H2,2H3. The minimum atomic E-state index is 0.583. The van der Waals surface area contributed by atoms with Gasteiger partial charge in [-0.25, -0.2) is 0 Å². The number of hydrogen-bond donors (Lipinski definition) is 0. The molecule has 0 saturated heterocycles. The Balaban J connectivity index is 1.57. The zero-order chi connectivity index (χ0) is 19.3. The predicted octanol–water partition coefficient (Wildman–Crippen LogP) is 4.68. The minimum absolute atomic E-state index is 0.583. The van der Waals surface area contributed by atoms with Crippen LogP contribution in [0, 0.1) is 0 Å². The van der Waals surface area contributed by atoms with Crippen molar-refractivity contribution in [3.8, 4) is 28.7 Å². The van der Waals surface area contributed by atoms with Gasteiger partial charge in [0.2, 0.25) is 5.76 Å². The van der Waals surface area contributed by atoms with Crippen LogP contribution >= 0.6 is 11.8 Å². The topological polar surface area (TPSA) is 79.1 Å². The third-order valence-corrected chi connectivity index (χ3v) is 5.05. The number of aromatic nitrogens is 4. The molecule has 0 saturated carbocycles. The zero-order valence-corrected chi connectivity index (χ0v) is 16.1. The summed E-state index contributed by atoms with van der Waals surface area (Å²) in [6, 6.07) is 13.2. The highest BCUT2D eigenvalue weighted by atomic mass is 32.2. The van der Waals surface area contributed by atoms with Crippen molar-refractivity contribution in [1.29, 1.82) is 0 Å². The van der Waals surface area contributed by atoms with Crippen molar-refractivity contribution < 1.29 is 13.7 Å². The number of thioether (sulfide) groups is 1. The van der Waals surface area contributed by atoms with Crippen molar-refractivity contribution in [1.82, 2.24) is 19.9 Å². The molecule has 4 aromatic rings. The molecule has 0 amide bonds. The first-order chi connectivity index (χ1) is 13.8. The second kappa shape index (κ2) is 8.18. The molecular formula is C20H18N4O3S. The fourth-order valence-corrected chi connectivity index (χ4v) is 3.60. The summed E-state index contributed by atoms with van der Waals surface area (Å²) in [4.78, 5) is 0. The van der Waals surface area contributed by atoms with E-state index in [-0.39, 0.29) is 0 Å². The van der Waals surface area contributed by atoms with Gasteiger partial charge in [0.15, 0.2) is 16.7 Å². The van der Waals surface area contributed by atoms with Gasteiger partial charge in [-0.3, -0.25) is 4.57 Å². The van der Waals surface area contributed by atoms with Crippen LogP contribution in [0.25, 0.3) is 22.9 Å². The van der Waals surface area contributed by atoms with E-state index < -0.39 is 0 Å². The molecule has 0 N–H and O–H groups in total. The van der Waals surface area contributed by atoms with Crippen molar-refractivity contribution in [3.63, 3.8) is 0 Å². The molecule has 0 aliphatic carbocycles. The van der Waals surface area contributed by atoms with E-state index in [2.05, 4.69) is 21.9 Å². The molecule has 1 aromatic carbocycles. The molecule has 142 valence electrons. The highest BCUT2D eigenvalue weighted by molar-refractivity contribution is 7.98. The monoisotopic (exact) mass is 394 g/mol. The lowest BCUT2D eigenvalue weighted by Gasteiger charge is -2.10. The summed E-state index contributed by atoms with van der Waals surface area (Å²) in [6.45, 7) is 4.43. The molecule has 0 bridgehead atoms. The largest absolute Gasteiger partial charge is 0.496 e. The van der Waals surface area contributed by atoms with Gasteiger partial charge >= 0.3 is 0 Å². The number of nitrogens with zero attached hydrogens (tertiary/aromatic N) is 4. The maximum Gasteiger partial charge on any atom is 0.202 e. The second-order valence-corrected chi connectivity index (χ2v) is 6.80. The van der Waals surface area contributed by atoms with Crippen LogP contribution in [0.2, 0.25) is 0 Å². The van der Waals surface area contributed by atoms with Crippen molar-refractivity contribution in [2.75, 3.05) is 7.11 Å². The smallest absolute Gasteiger partial charge is 0.202 e. The van der Waals surface area contributed by atoms with Gasteiger partial charge in [0.25, 0.3) is 0 Å². The van der Waals surface area contributed by atoms with E-state index in [1.165, 1.54) is 11.8 Å². The molecule has 8 heteroatoms. The van der Waals surface area contributed by atoms with Crippen LogP contribution in [0.5, 0.6) is 5.75 Å². The number of allylic oxidation sites excluding steroid dienone is 1. The van der Waals surface area contributed by atoms with Crippen LogP contribution in [0.3, 0.4) is 0 Å². The molecule has 0 aliphatic rings. The summed E-state index contributed by atoms with van der Waals surface area (Å²) < 4.78 is 18.1. The molecule has 7 nitrogen and oxygen atoms in total. The third-order valence-electron chi connectivity index (χ3n) is 4.05.